The fourth-order valence-corrected chi connectivity index (χ4v) is 9.35. The summed E-state index contributed by atoms with van der Waals surface area (Å²) in [6, 6.07) is 72.9. The van der Waals surface area contributed by atoms with Crippen molar-refractivity contribution in [2.75, 3.05) is 9.80 Å². The number of benzene rings is 9. The molecule has 318 valence electrons. The van der Waals surface area contributed by atoms with Crippen LogP contribution < -0.4 is 9.80 Å². The van der Waals surface area contributed by atoms with Crippen LogP contribution in [0.4, 0.5) is 34.1 Å². The van der Waals surface area contributed by atoms with Crippen molar-refractivity contribution < 1.29 is 0 Å². The molecule has 0 N–H and O–H groups in total. The molecule has 0 amide bonds. The van der Waals surface area contributed by atoms with Crippen LogP contribution in [0.3, 0.4) is 0 Å². The molecule has 0 saturated heterocycles. The van der Waals surface area contributed by atoms with Crippen molar-refractivity contribution in [3.05, 3.63) is 216 Å². The van der Waals surface area contributed by atoms with Gasteiger partial charge in [-0.05, 0) is 176 Å². The minimum atomic E-state index is 0.509. The van der Waals surface area contributed by atoms with E-state index in [1.54, 1.807) is 0 Å². The highest BCUT2D eigenvalue weighted by Crippen LogP contribution is 2.48. The Labute approximate surface area is 381 Å². The van der Waals surface area contributed by atoms with E-state index in [2.05, 4.69) is 245 Å². The minimum Gasteiger partial charge on any atom is -0.310 e. The van der Waals surface area contributed by atoms with E-state index in [1.165, 1.54) is 66.1 Å². The van der Waals surface area contributed by atoms with Gasteiger partial charge in [-0.25, -0.2) is 0 Å². The van der Waals surface area contributed by atoms with Gasteiger partial charge in [0, 0.05) is 34.1 Å². The normalized spacial score (nSPS) is 12.3. The Balaban J connectivity index is 1.32. The zero-order valence-corrected chi connectivity index (χ0v) is 38.4. The molecule has 9 rings (SSSR count). The van der Waals surface area contributed by atoms with E-state index in [1.807, 2.05) is 0 Å². The maximum Gasteiger partial charge on any atom is 0.0468 e. The second kappa shape index (κ2) is 18.8. The Hall–Kier alpha value is -6.90. The molecule has 2 unspecified atom stereocenters. The third kappa shape index (κ3) is 8.33. The van der Waals surface area contributed by atoms with Crippen LogP contribution in [0, 0.1) is 0 Å². The summed E-state index contributed by atoms with van der Waals surface area (Å²) in [4.78, 5) is 4.86. The summed E-state index contributed by atoms with van der Waals surface area (Å²) in [7, 11) is 0. The van der Waals surface area contributed by atoms with E-state index in [0.29, 0.717) is 11.8 Å². The van der Waals surface area contributed by atoms with Crippen LogP contribution in [-0.4, -0.2) is 0 Å². The molecule has 0 aliphatic carbocycles. The molecule has 2 nitrogen and oxygen atoms in total. The van der Waals surface area contributed by atoms with Crippen LogP contribution in [0.5, 0.6) is 0 Å². The van der Waals surface area contributed by atoms with Crippen LogP contribution in [0.15, 0.2) is 194 Å². The zero-order valence-electron chi connectivity index (χ0n) is 38.4. The van der Waals surface area contributed by atoms with Crippen molar-refractivity contribution >= 4 is 55.7 Å². The van der Waals surface area contributed by atoms with Gasteiger partial charge in [0.2, 0.25) is 0 Å². The molecule has 9 aromatic carbocycles. The summed E-state index contributed by atoms with van der Waals surface area (Å²) in [5.41, 5.74) is 17.1. The van der Waals surface area contributed by atoms with E-state index in [9.17, 15) is 0 Å². The van der Waals surface area contributed by atoms with Crippen LogP contribution >= 0.6 is 0 Å². The molecule has 64 heavy (non-hydrogen) atoms. The van der Waals surface area contributed by atoms with E-state index < -0.39 is 0 Å². The van der Waals surface area contributed by atoms with Crippen LogP contribution in [0.2, 0.25) is 0 Å². The molecule has 0 saturated carbocycles. The van der Waals surface area contributed by atoms with E-state index >= 15 is 0 Å². The van der Waals surface area contributed by atoms with Crippen molar-refractivity contribution in [3.63, 3.8) is 0 Å². The Morgan fingerprint density at radius 2 is 0.641 bits per heavy atom. The van der Waals surface area contributed by atoms with E-state index in [-0.39, 0.29) is 0 Å². The zero-order chi connectivity index (χ0) is 44.2. The quantitative estimate of drug-likeness (QED) is 0.101. The summed E-state index contributed by atoms with van der Waals surface area (Å²) >= 11 is 0. The van der Waals surface area contributed by atoms with Gasteiger partial charge in [-0.1, -0.05) is 163 Å². The molecule has 9 aromatic rings. The van der Waals surface area contributed by atoms with Gasteiger partial charge in [-0.15, -0.1) is 0 Å². The van der Waals surface area contributed by atoms with Gasteiger partial charge in [0.1, 0.15) is 0 Å². The van der Waals surface area contributed by atoms with Crippen molar-refractivity contribution in [2.24, 2.45) is 0 Å². The Kier molecular flexibility index (Phi) is 12.5. The lowest BCUT2D eigenvalue weighted by Gasteiger charge is -2.28. The summed E-state index contributed by atoms with van der Waals surface area (Å²) in [6.07, 6.45) is 4.24. The molecule has 2 heteroatoms. The first-order valence-electron chi connectivity index (χ1n) is 23.5. The third-order valence-electron chi connectivity index (χ3n) is 13.6. The van der Waals surface area contributed by atoms with E-state index in [4.69, 9.17) is 0 Å². The fraction of sp³-hybridized carbons (Fsp3) is 0.194. The number of aryl methyl sites for hydroxylation is 2. The monoisotopic (exact) mass is 832 g/mol. The first-order chi connectivity index (χ1) is 31.4. The van der Waals surface area contributed by atoms with Crippen LogP contribution in [0.1, 0.15) is 88.5 Å². The Bertz CT molecular complexity index is 2760. The SMILES string of the molecule is CCc1ccc(N(c2ccc(C(C)CC)cc2)c2ccc3c(-c4ccccc4)c4cc(N(c5ccc(CC)cc5)c5ccc(C(C)CC)cc5)ccc4c(-c4ccccc4)c3c2)cc1. The first kappa shape index (κ1) is 42.4. The highest BCUT2D eigenvalue weighted by molar-refractivity contribution is 6.22. The predicted octanol–water partition coefficient (Wildman–Crippen LogP) is 18.4. The van der Waals surface area contributed by atoms with Gasteiger partial charge in [-0.3, -0.25) is 0 Å². The van der Waals surface area contributed by atoms with Crippen molar-refractivity contribution in [1.29, 1.82) is 0 Å². The molecule has 2 atom stereocenters. The first-order valence-corrected chi connectivity index (χ1v) is 23.5. The van der Waals surface area contributed by atoms with Gasteiger partial charge < -0.3 is 9.80 Å². The van der Waals surface area contributed by atoms with Gasteiger partial charge >= 0.3 is 0 Å². The average molecular weight is 833 g/mol. The molecular formula is C62H60N2. The largest absolute Gasteiger partial charge is 0.310 e. The predicted molar refractivity (Wildman–Crippen MR) is 278 cm³/mol. The maximum atomic E-state index is 2.44. The number of nitrogens with zero attached hydrogens (tertiary/aromatic N) is 2. The standard InChI is InChI=1S/C62H60N2/c1-7-43(5)47-25-33-53(34-26-47)63(51-29-21-45(9-3)22-30-51)55-37-39-57-59(41-55)61(49-17-13-11-14-18-49)58-40-38-56(42-60(58)62(57)50-19-15-12-16-20-50)64(52-31-23-46(10-4)24-32-52)54-35-27-48(28-36-54)44(6)8-2/h11-44H,7-10H2,1-6H3. The number of fused-ring (bicyclic) bond motifs is 2. The third-order valence-corrected chi connectivity index (χ3v) is 13.6. The van der Waals surface area contributed by atoms with E-state index in [0.717, 1.165) is 59.8 Å². The van der Waals surface area contributed by atoms with Crippen LogP contribution in [0.25, 0.3) is 43.8 Å². The highest BCUT2D eigenvalue weighted by Gasteiger charge is 2.22. The molecule has 0 aliphatic rings. The van der Waals surface area contributed by atoms with Gasteiger partial charge in [0.25, 0.3) is 0 Å². The molecule has 0 heterocycles. The molecule has 0 aromatic heterocycles. The number of anilines is 6. The Morgan fingerprint density at radius 3 is 0.953 bits per heavy atom. The summed E-state index contributed by atoms with van der Waals surface area (Å²) in [5, 5.41) is 4.90. The summed E-state index contributed by atoms with van der Waals surface area (Å²) in [6.45, 7) is 13.6. The molecule has 0 bridgehead atoms. The van der Waals surface area contributed by atoms with Crippen molar-refractivity contribution in [2.45, 2.75) is 79.1 Å². The van der Waals surface area contributed by atoms with Gasteiger partial charge in [0.05, 0.1) is 0 Å². The lowest BCUT2D eigenvalue weighted by atomic mass is 9.85. The molecular weight excluding hydrogens is 773 g/mol. The molecule has 0 fully saturated rings. The average Bonchev–Trinajstić information content (AvgIpc) is 3.36. The lowest BCUT2D eigenvalue weighted by Crippen LogP contribution is -2.11. The number of hydrogen-bond acceptors (Lipinski definition) is 2. The molecule has 0 spiro atoms. The van der Waals surface area contributed by atoms with Crippen LogP contribution in [-0.2, 0) is 12.8 Å². The topological polar surface area (TPSA) is 6.48 Å². The fourth-order valence-electron chi connectivity index (χ4n) is 9.35. The van der Waals surface area contributed by atoms with Crippen molar-refractivity contribution in [1.82, 2.24) is 0 Å². The lowest BCUT2D eigenvalue weighted by molar-refractivity contribution is 0.733. The minimum absolute atomic E-state index is 0.509. The van der Waals surface area contributed by atoms with Gasteiger partial charge in [0.15, 0.2) is 0 Å². The number of rotatable bonds is 14. The summed E-state index contributed by atoms with van der Waals surface area (Å²) < 4.78 is 0. The Morgan fingerprint density at radius 1 is 0.328 bits per heavy atom. The van der Waals surface area contributed by atoms with Crippen molar-refractivity contribution in [3.8, 4) is 22.3 Å². The van der Waals surface area contributed by atoms with Gasteiger partial charge in [-0.2, -0.15) is 0 Å². The maximum absolute atomic E-state index is 2.44. The second-order valence-electron chi connectivity index (χ2n) is 17.5. The summed E-state index contributed by atoms with van der Waals surface area (Å²) in [5.74, 6) is 1.02. The molecule has 0 radical (unpaired) electrons. The smallest absolute Gasteiger partial charge is 0.0468 e. The second-order valence-corrected chi connectivity index (χ2v) is 17.5. The molecule has 0 aliphatic heterocycles. The highest BCUT2D eigenvalue weighted by atomic mass is 15.1. The number of hydrogen-bond donors (Lipinski definition) is 0.